The molecule has 0 saturated heterocycles. The van der Waals surface area contributed by atoms with Crippen LogP contribution < -0.4 is 9.47 Å². The fourth-order valence-corrected chi connectivity index (χ4v) is 4.99. The number of hydrogen-bond donors (Lipinski definition) is 0. The van der Waals surface area contributed by atoms with Gasteiger partial charge in [-0.3, -0.25) is 4.98 Å². The Bertz CT molecular complexity index is 1740. The Morgan fingerprint density at radius 2 is 0.795 bits per heavy atom. The van der Waals surface area contributed by atoms with E-state index in [0.29, 0.717) is 0 Å². The van der Waals surface area contributed by atoms with Crippen LogP contribution in [0.2, 0.25) is 0 Å². The summed E-state index contributed by atoms with van der Waals surface area (Å²) in [7, 11) is 0. The molecular weight excluding hydrogens is 542 g/mol. The number of nitrogens with zero attached hydrogens (tertiary/aromatic N) is 3. The molecule has 44 heavy (non-hydrogen) atoms. The first-order chi connectivity index (χ1) is 21.0. The van der Waals surface area contributed by atoms with Gasteiger partial charge in [0.25, 0.3) is 0 Å². The van der Waals surface area contributed by atoms with Crippen LogP contribution in [0.5, 0.6) is 23.0 Å². The molecule has 6 aromatic rings. The summed E-state index contributed by atoms with van der Waals surface area (Å²) >= 11 is 0. The predicted molar refractivity (Wildman–Crippen MR) is 179 cm³/mol. The Morgan fingerprint density at radius 3 is 1.18 bits per heavy atom. The molecule has 0 amide bonds. The number of hydrogen-bond acceptors (Lipinski definition) is 5. The average Bonchev–Trinajstić information content (AvgIpc) is 3.01. The van der Waals surface area contributed by atoms with Crippen LogP contribution >= 0.6 is 0 Å². The second-order valence-electron chi connectivity index (χ2n) is 13.1. The van der Waals surface area contributed by atoms with Gasteiger partial charge in [0.05, 0.1) is 23.1 Å². The number of benzene rings is 4. The molecule has 0 fully saturated rings. The molecule has 2 heterocycles. The molecule has 220 valence electrons. The van der Waals surface area contributed by atoms with E-state index >= 15 is 0 Å². The molecule has 0 bridgehead atoms. The smallest absolute Gasteiger partial charge is 0.127 e. The molecule has 6 rings (SSSR count). The van der Waals surface area contributed by atoms with Gasteiger partial charge in [0.15, 0.2) is 0 Å². The largest absolute Gasteiger partial charge is 0.457 e. The average molecular weight is 580 g/mol. The van der Waals surface area contributed by atoms with Gasteiger partial charge in [0.1, 0.15) is 28.5 Å². The molecule has 0 unspecified atom stereocenters. The highest BCUT2D eigenvalue weighted by molar-refractivity contribution is 5.86. The maximum atomic E-state index is 6.15. The Morgan fingerprint density at radius 1 is 0.432 bits per heavy atom. The van der Waals surface area contributed by atoms with Crippen LogP contribution in [0.15, 0.2) is 116 Å². The summed E-state index contributed by atoms with van der Waals surface area (Å²) in [4.78, 5) is 14.3. The third-order valence-corrected chi connectivity index (χ3v) is 7.63. The summed E-state index contributed by atoms with van der Waals surface area (Å²) < 4.78 is 12.3. The topological polar surface area (TPSA) is 57.1 Å². The molecule has 0 aliphatic rings. The number of ether oxygens (including phenoxy) is 2. The maximum Gasteiger partial charge on any atom is 0.127 e. The quantitative estimate of drug-likeness (QED) is 0.196. The Labute approximate surface area is 259 Å². The molecular formula is C39H37N3O2. The van der Waals surface area contributed by atoms with Crippen molar-refractivity contribution in [1.82, 2.24) is 15.0 Å². The number of rotatable bonds is 6. The van der Waals surface area contributed by atoms with Crippen LogP contribution in [-0.2, 0) is 10.8 Å². The van der Waals surface area contributed by atoms with Crippen molar-refractivity contribution in [1.29, 1.82) is 0 Å². The van der Waals surface area contributed by atoms with E-state index < -0.39 is 0 Å². The standard InChI is InChI=1S/C39H37N3O2/c1-38(2,3)28-11-19-32(20-12-28)43-30-15-7-26(8-16-30)36-37(42-35-25-40-24-23-34(35)41-36)27-9-17-31(18-10-27)44-33-21-13-29(14-22-33)39(4,5)6/h7-25H,1-6H3. The lowest BCUT2D eigenvalue weighted by Gasteiger charge is -2.19. The lowest BCUT2D eigenvalue weighted by molar-refractivity contribution is 0.481. The third-order valence-electron chi connectivity index (χ3n) is 7.63. The van der Waals surface area contributed by atoms with Crippen LogP contribution in [0, 0.1) is 0 Å². The van der Waals surface area contributed by atoms with E-state index in [1.54, 1.807) is 12.4 Å². The van der Waals surface area contributed by atoms with Gasteiger partial charge in [-0.25, -0.2) is 9.97 Å². The number of aromatic nitrogens is 3. The van der Waals surface area contributed by atoms with Gasteiger partial charge in [0, 0.05) is 17.3 Å². The van der Waals surface area contributed by atoms with Gasteiger partial charge < -0.3 is 9.47 Å². The minimum atomic E-state index is 0.0972. The summed E-state index contributed by atoms with van der Waals surface area (Å²) in [6.07, 6.45) is 3.48. The monoisotopic (exact) mass is 579 g/mol. The normalized spacial score (nSPS) is 11.9. The first-order valence-electron chi connectivity index (χ1n) is 14.9. The van der Waals surface area contributed by atoms with Crippen molar-refractivity contribution in [3.8, 4) is 45.5 Å². The fraction of sp³-hybridized carbons (Fsp3) is 0.205. The van der Waals surface area contributed by atoms with Gasteiger partial charge in [-0.1, -0.05) is 65.8 Å². The molecule has 0 spiro atoms. The molecule has 4 aromatic carbocycles. The van der Waals surface area contributed by atoms with Gasteiger partial charge in [-0.05, 0) is 101 Å². The summed E-state index contributed by atoms with van der Waals surface area (Å²) in [5, 5.41) is 0. The zero-order chi connectivity index (χ0) is 30.9. The second-order valence-corrected chi connectivity index (χ2v) is 13.1. The Hall–Kier alpha value is -5.03. The molecule has 0 N–H and O–H groups in total. The van der Waals surface area contributed by atoms with E-state index in [2.05, 4.69) is 70.8 Å². The van der Waals surface area contributed by atoms with Crippen LogP contribution in [0.1, 0.15) is 52.7 Å². The maximum absolute atomic E-state index is 6.15. The van der Waals surface area contributed by atoms with Crippen molar-refractivity contribution in [2.45, 2.75) is 52.4 Å². The van der Waals surface area contributed by atoms with Gasteiger partial charge >= 0.3 is 0 Å². The highest BCUT2D eigenvalue weighted by atomic mass is 16.5. The van der Waals surface area contributed by atoms with Gasteiger partial charge in [-0.2, -0.15) is 0 Å². The Balaban J connectivity index is 1.27. The predicted octanol–water partition coefficient (Wildman–Crippen LogP) is 10.5. The zero-order valence-electron chi connectivity index (χ0n) is 26.1. The summed E-state index contributed by atoms with van der Waals surface area (Å²) in [5.74, 6) is 3.12. The first kappa shape index (κ1) is 29.1. The second kappa shape index (κ2) is 11.6. The molecule has 5 nitrogen and oxygen atoms in total. The molecule has 0 saturated carbocycles. The lowest BCUT2D eigenvalue weighted by atomic mass is 9.87. The van der Waals surface area contributed by atoms with E-state index in [4.69, 9.17) is 19.4 Å². The Kier molecular flexibility index (Phi) is 7.64. The summed E-state index contributed by atoms with van der Waals surface area (Å²) in [6.45, 7) is 13.2. The van der Waals surface area contributed by atoms with Gasteiger partial charge in [0.2, 0.25) is 0 Å². The van der Waals surface area contributed by atoms with Crippen molar-refractivity contribution in [2.24, 2.45) is 0 Å². The summed E-state index contributed by atoms with van der Waals surface area (Å²) in [6, 6.07) is 34.4. The van der Waals surface area contributed by atoms with Crippen LogP contribution in [0.3, 0.4) is 0 Å². The van der Waals surface area contributed by atoms with Crippen LogP contribution in [0.25, 0.3) is 33.5 Å². The highest BCUT2D eigenvalue weighted by Crippen LogP contribution is 2.35. The molecule has 5 heteroatoms. The molecule has 0 aliphatic heterocycles. The number of fused-ring (bicyclic) bond motifs is 1. The molecule has 2 aromatic heterocycles. The number of pyridine rings is 1. The van der Waals surface area contributed by atoms with Gasteiger partial charge in [-0.15, -0.1) is 0 Å². The van der Waals surface area contributed by atoms with Crippen LogP contribution in [0.4, 0.5) is 0 Å². The summed E-state index contributed by atoms with van der Waals surface area (Å²) in [5.41, 5.74) is 7.71. The minimum absolute atomic E-state index is 0.0972. The van der Waals surface area contributed by atoms with Crippen molar-refractivity contribution in [2.75, 3.05) is 0 Å². The van der Waals surface area contributed by atoms with E-state index in [-0.39, 0.29) is 10.8 Å². The van der Waals surface area contributed by atoms with E-state index in [9.17, 15) is 0 Å². The van der Waals surface area contributed by atoms with Crippen LogP contribution in [-0.4, -0.2) is 15.0 Å². The SMILES string of the molecule is CC(C)(C)c1ccc(Oc2ccc(-c3nc4ccncc4nc3-c3ccc(Oc4ccc(C(C)(C)C)cc4)cc3)cc2)cc1. The van der Waals surface area contributed by atoms with E-state index in [1.807, 2.05) is 78.9 Å². The molecule has 0 atom stereocenters. The van der Waals surface area contributed by atoms with Crippen molar-refractivity contribution in [3.05, 3.63) is 127 Å². The first-order valence-corrected chi connectivity index (χ1v) is 14.9. The molecule has 0 aliphatic carbocycles. The van der Waals surface area contributed by atoms with Crippen molar-refractivity contribution >= 4 is 11.0 Å². The van der Waals surface area contributed by atoms with Crippen molar-refractivity contribution in [3.63, 3.8) is 0 Å². The van der Waals surface area contributed by atoms with E-state index in [0.717, 1.165) is 56.5 Å². The third kappa shape index (κ3) is 6.47. The minimum Gasteiger partial charge on any atom is -0.457 e. The highest BCUT2D eigenvalue weighted by Gasteiger charge is 2.16. The molecule has 0 radical (unpaired) electrons. The van der Waals surface area contributed by atoms with Crippen molar-refractivity contribution < 1.29 is 9.47 Å². The lowest BCUT2D eigenvalue weighted by Crippen LogP contribution is -2.10. The van der Waals surface area contributed by atoms with E-state index in [1.165, 1.54) is 11.1 Å². The zero-order valence-corrected chi connectivity index (χ0v) is 26.1. The fourth-order valence-electron chi connectivity index (χ4n) is 4.99.